The van der Waals surface area contributed by atoms with Crippen LogP contribution in [0.15, 0.2) is 5.16 Å². The molecule has 0 radical (unpaired) electrons. The number of hydrogen-bond acceptors (Lipinski definition) is 8. The maximum Gasteiger partial charge on any atom is 0.305 e. The fourth-order valence-electron chi connectivity index (χ4n) is 2.75. The van der Waals surface area contributed by atoms with Crippen LogP contribution in [0.4, 0.5) is 0 Å². The number of aromatic nitrogens is 4. The summed E-state index contributed by atoms with van der Waals surface area (Å²) in [6, 6.07) is 0. The Morgan fingerprint density at radius 3 is 2.48 bits per heavy atom. The molecule has 2 rings (SSSR count). The molecule has 1 N–H and O–H groups in total. The SMILES string of the molecule is CC1(C)O[C@@H](CC(=O)O)C[C@@H](CS(=O)(=O)c2nnnn2C(C)(C)C)O1. The fraction of sp³-hybridized carbons (Fsp3) is 0.857. The molecule has 1 aromatic rings. The van der Waals surface area contributed by atoms with Gasteiger partial charge in [-0.25, -0.2) is 13.1 Å². The third kappa shape index (κ3) is 4.95. The van der Waals surface area contributed by atoms with Gasteiger partial charge in [-0.15, -0.1) is 0 Å². The van der Waals surface area contributed by atoms with E-state index in [1.807, 2.05) is 0 Å². The summed E-state index contributed by atoms with van der Waals surface area (Å²) in [5, 5.41) is 19.6. The summed E-state index contributed by atoms with van der Waals surface area (Å²) in [5.41, 5.74) is -0.604. The molecule has 0 amide bonds. The standard InChI is InChI=1S/C14H24N4O6S/c1-13(2,3)18-12(15-16-17-18)25(21,22)8-10-6-9(7-11(19)20)23-14(4,5)24-10/h9-10H,6-8H2,1-5H3,(H,19,20)/t9-,10+/m1/s1. The van der Waals surface area contributed by atoms with Crippen LogP contribution in [0.5, 0.6) is 0 Å². The van der Waals surface area contributed by atoms with Gasteiger partial charge in [-0.2, -0.15) is 0 Å². The van der Waals surface area contributed by atoms with E-state index in [0.717, 1.165) is 0 Å². The number of hydrogen-bond donors (Lipinski definition) is 1. The molecule has 2 heterocycles. The van der Waals surface area contributed by atoms with Crippen LogP contribution in [-0.2, 0) is 29.6 Å². The van der Waals surface area contributed by atoms with Gasteiger partial charge in [0.25, 0.3) is 5.16 Å². The number of sulfone groups is 1. The predicted octanol–water partition coefficient (Wildman–Crippen LogP) is 0.587. The molecule has 0 saturated carbocycles. The third-order valence-electron chi connectivity index (χ3n) is 3.59. The van der Waals surface area contributed by atoms with E-state index in [1.165, 1.54) is 4.68 Å². The van der Waals surface area contributed by atoms with E-state index in [2.05, 4.69) is 15.5 Å². The summed E-state index contributed by atoms with van der Waals surface area (Å²) < 4.78 is 38.0. The summed E-state index contributed by atoms with van der Waals surface area (Å²) >= 11 is 0. The van der Waals surface area contributed by atoms with Crippen molar-refractivity contribution in [2.75, 3.05) is 5.75 Å². The Balaban J connectivity index is 2.22. The van der Waals surface area contributed by atoms with Crippen molar-refractivity contribution in [2.24, 2.45) is 0 Å². The number of rotatable bonds is 5. The number of carbonyl (C=O) groups is 1. The van der Waals surface area contributed by atoms with Gasteiger partial charge in [0, 0.05) is 6.42 Å². The van der Waals surface area contributed by atoms with Gasteiger partial charge >= 0.3 is 5.97 Å². The molecule has 2 atom stereocenters. The van der Waals surface area contributed by atoms with Crippen molar-refractivity contribution in [3.63, 3.8) is 0 Å². The van der Waals surface area contributed by atoms with Crippen molar-refractivity contribution in [1.29, 1.82) is 0 Å². The Hall–Kier alpha value is -1.59. The lowest BCUT2D eigenvalue weighted by Crippen LogP contribution is -2.47. The molecule has 1 aromatic heterocycles. The smallest absolute Gasteiger partial charge is 0.305 e. The van der Waals surface area contributed by atoms with Gasteiger partial charge in [0.15, 0.2) is 5.79 Å². The minimum Gasteiger partial charge on any atom is -0.481 e. The van der Waals surface area contributed by atoms with E-state index in [9.17, 15) is 13.2 Å². The Kier molecular flexibility index (Phi) is 5.22. The summed E-state index contributed by atoms with van der Waals surface area (Å²) in [4.78, 5) is 10.9. The second-order valence-corrected chi connectivity index (χ2v) is 9.47. The molecule has 1 aliphatic rings. The highest BCUT2D eigenvalue weighted by atomic mass is 32.2. The van der Waals surface area contributed by atoms with Crippen molar-refractivity contribution in [3.05, 3.63) is 0 Å². The second kappa shape index (κ2) is 6.61. The van der Waals surface area contributed by atoms with E-state index in [0.29, 0.717) is 0 Å². The molecule has 1 fully saturated rings. The molecule has 0 bridgehead atoms. The lowest BCUT2D eigenvalue weighted by molar-refractivity contribution is -0.295. The lowest BCUT2D eigenvalue weighted by atomic mass is 10.1. The van der Waals surface area contributed by atoms with Gasteiger partial charge in [-0.1, -0.05) is 5.10 Å². The van der Waals surface area contributed by atoms with E-state index < -0.39 is 39.3 Å². The highest BCUT2D eigenvalue weighted by Crippen LogP contribution is 2.30. The number of ether oxygens (including phenoxy) is 2. The summed E-state index contributed by atoms with van der Waals surface area (Å²) in [6.07, 6.45) is -1.40. The van der Waals surface area contributed by atoms with E-state index in [1.54, 1.807) is 34.6 Å². The fourth-order valence-corrected chi connectivity index (χ4v) is 4.33. The lowest BCUT2D eigenvalue weighted by Gasteiger charge is -2.40. The molecule has 25 heavy (non-hydrogen) atoms. The number of nitrogens with zero attached hydrogens (tertiary/aromatic N) is 4. The van der Waals surface area contributed by atoms with Crippen LogP contribution in [0.1, 0.15) is 47.5 Å². The summed E-state index contributed by atoms with van der Waals surface area (Å²) in [5.74, 6) is -2.44. The summed E-state index contributed by atoms with van der Waals surface area (Å²) in [6.45, 7) is 8.62. The second-order valence-electron chi connectivity index (χ2n) is 7.54. The molecule has 10 nitrogen and oxygen atoms in total. The first-order chi connectivity index (χ1) is 11.3. The topological polar surface area (TPSA) is 134 Å². The normalized spacial score (nSPS) is 24.2. The summed E-state index contributed by atoms with van der Waals surface area (Å²) in [7, 11) is -3.83. The first kappa shape index (κ1) is 19.7. The van der Waals surface area contributed by atoms with Crippen LogP contribution < -0.4 is 0 Å². The van der Waals surface area contributed by atoms with Crippen LogP contribution in [0, 0.1) is 0 Å². The molecular weight excluding hydrogens is 352 g/mol. The van der Waals surface area contributed by atoms with E-state index in [4.69, 9.17) is 14.6 Å². The molecule has 11 heteroatoms. The zero-order chi connectivity index (χ0) is 19.0. The van der Waals surface area contributed by atoms with Gasteiger partial charge < -0.3 is 14.6 Å². The van der Waals surface area contributed by atoms with Crippen molar-refractivity contribution in [1.82, 2.24) is 20.2 Å². The maximum atomic E-state index is 12.8. The minimum absolute atomic E-state index is 0.159. The molecule has 0 spiro atoms. The maximum absolute atomic E-state index is 12.8. The Morgan fingerprint density at radius 1 is 1.32 bits per heavy atom. The highest BCUT2D eigenvalue weighted by molar-refractivity contribution is 7.91. The van der Waals surface area contributed by atoms with Crippen molar-refractivity contribution >= 4 is 15.8 Å². The Morgan fingerprint density at radius 2 is 1.92 bits per heavy atom. The quantitative estimate of drug-likeness (QED) is 0.783. The number of aliphatic carboxylic acids is 1. The van der Waals surface area contributed by atoms with E-state index in [-0.39, 0.29) is 23.8 Å². The molecule has 1 aliphatic heterocycles. The molecule has 1 saturated heterocycles. The van der Waals surface area contributed by atoms with Gasteiger partial charge in [-0.3, -0.25) is 4.79 Å². The largest absolute Gasteiger partial charge is 0.481 e. The molecular formula is C14H24N4O6S. The van der Waals surface area contributed by atoms with Crippen molar-refractivity contribution < 1.29 is 27.8 Å². The molecule has 0 aromatic carbocycles. The first-order valence-corrected chi connectivity index (χ1v) is 9.54. The van der Waals surface area contributed by atoms with Crippen LogP contribution in [0.2, 0.25) is 0 Å². The Labute approximate surface area is 146 Å². The van der Waals surface area contributed by atoms with Crippen molar-refractivity contribution in [3.8, 4) is 0 Å². The number of carboxylic acid groups (broad SMARTS) is 1. The van der Waals surface area contributed by atoms with E-state index >= 15 is 0 Å². The molecule has 142 valence electrons. The van der Waals surface area contributed by atoms with Gasteiger partial charge in [0.05, 0.1) is 29.9 Å². The zero-order valence-electron chi connectivity index (χ0n) is 15.0. The average Bonchev–Trinajstić information content (AvgIpc) is 2.84. The molecule has 0 aliphatic carbocycles. The predicted molar refractivity (Wildman–Crippen MR) is 85.6 cm³/mol. The highest BCUT2D eigenvalue weighted by Gasteiger charge is 2.40. The van der Waals surface area contributed by atoms with Gasteiger partial charge in [0.2, 0.25) is 9.84 Å². The minimum atomic E-state index is -3.83. The van der Waals surface area contributed by atoms with Gasteiger partial charge in [-0.05, 0) is 45.0 Å². The number of tetrazole rings is 1. The molecule has 0 unspecified atom stereocenters. The van der Waals surface area contributed by atoms with Crippen LogP contribution in [-0.4, -0.2) is 63.4 Å². The average molecular weight is 376 g/mol. The van der Waals surface area contributed by atoms with Crippen LogP contribution >= 0.6 is 0 Å². The van der Waals surface area contributed by atoms with Crippen molar-refractivity contribution in [2.45, 2.75) is 76.2 Å². The third-order valence-corrected chi connectivity index (χ3v) is 5.21. The monoisotopic (exact) mass is 376 g/mol. The Bertz CT molecular complexity index is 737. The number of carboxylic acids is 1. The van der Waals surface area contributed by atoms with Crippen LogP contribution in [0.25, 0.3) is 0 Å². The van der Waals surface area contributed by atoms with Crippen LogP contribution in [0.3, 0.4) is 0 Å². The van der Waals surface area contributed by atoms with Gasteiger partial charge in [0.1, 0.15) is 0 Å². The first-order valence-electron chi connectivity index (χ1n) is 7.89. The zero-order valence-corrected chi connectivity index (χ0v) is 15.8.